The van der Waals surface area contributed by atoms with Gasteiger partial charge in [0, 0.05) is 30.3 Å². The number of nitrogens with zero attached hydrogens (tertiary/aromatic N) is 1. The van der Waals surface area contributed by atoms with Gasteiger partial charge >= 0.3 is 0 Å². The Kier molecular flexibility index (Phi) is 6.65. The van der Waals surface area contributed by atoms with E-state index in [4.69, 9.17) is 9.47 Å². The molecule has 1 saturated heterocycles. The van der Waals surface area contributed by atoms with Crippen LogP contribution in [0, 0.1) is 5.92 Å². The summed E-state index contributed by atoms with van der Waals surface area (Å²) in [6, 6.07) is 22.0. The van der Waals surface area contributed by atoms with E-state index in [9.17, 15) is 5.11 Å². The molecule has 180 valence electrons. The average Bonchev–Trinajstić information content (AvgIpc) is 3.29. The maximum Gasteiger partial charge on any atom is 0.150 e. The van der Waals surface area contributed by atoms with E-state index in [2.05, 4.69) is 67.3 Å². The zero-order valence-corrected chi connectivity index (χ0v) is 20.7. The van der Waals surface area contributed by atoms with E-state index in [1.807, 2.05) is 18.2 Å². The third kappa shape index (κ3) is 4.98. The number of phenols is 1. The predicted molar refractivity (Wildman–Crippen MR) is 143 cm³/mol. The molecular weight excluding hydrogens is 434 g/mol. The quantitative estimate of drug-likeness (QED) is 0.432. The minimum Gasteiger partial charge on any atom is -0.508 e. The first kappa shape index (κ1) is 23.3. The van der Waals surface area contributed by atoms with E-state index in [1.165, 1.54) is 25.1 Å². The van der Waals surface area contributed by atoms with Crippen LogP contribution in [0.5, 0.6) is 17.2 Å². The summed E-state index contributed by atoms with van der Waals surface area (Å²) >= 11 is 0. The van der Waals surface area contributed by atoms with Crippen molar-refractivity contribution in [2.24, 2.45) is 5.92 Å². The Labute approximate surface area is 208 Å². The minimum atomic E-state index is -0.291. The van der Waals surface area contributed by atoms with E-state index in [0.717, 1.165) is 46.0 Å². The van der Waals surface area contributed by atoms with Crippen molar-refractivity contribution in [1.29, 1.82) is 0 Å². The summed E-state index contributed by atoms with van der Waals surface area (Å²) in [7, 11) is 1.68. The highest BCUT2D eigenvalue weighted by Crippen LogP contribution is 2.47. The van der Waals surface area contributed by atoms with E-state index in [1.54, 1.807) is 19.2 Å². The third-order valence-corrected chi connectivity index (χ3v) is 7.08. The number of aromatic hydroxyl groups is 1. The van der Waals surface area contributed by atoms with Gasteiger partial charge in [0.15, 0.2) is 0 Å². The number of allylic oxidation sites excluding steroid dienone is 1. The topological polar surface area (TPSA) is 41.9 Å². The molecule has 2 heterocycles. The van der Waals surface area contributed by atoms with Crippen molar-refractivity contribution in [1.82, 2.24) is 4.90 Å². The number of likely N-dealkylation sites (tertiary alicyclic amines) is 1. The van der Waals surface area contributed by atoms with Gasteiger partial charge in [-0.05, 0) is 72.3 Å². The second-order valence-corrected chi connectivity index (χ2v) is 9.67. The molecule has 2 atom stereocenters. The largest absolute Gasteiger partial charge is 0.508 e. The number of phenolic OH excluding ortho intramolecular Hbond substituents is 1. The Hall–Kier alpha value is -3.50. The summed E-state index contributed by atoms with van der Waals surface area (Å²) in [6.07, 6.45) is 5.47. The third-order valence-electron chi connectivity index (χ3n) is 7.08. The second kappa shape index (κ2) is 10.0. The van der Waals surface area contributed by atoms with E-state index >= 15 is 0 Å². The van der Waals surface area contributed by atoms with Crippen LogP contribution in [0.1, 0.15) is 48.6 Å². The fraction of sp³-hybridized carbons (Fsp3) is 0.290. The maximum atomic E-state index is 10.1. The zero-order chi connectivity index (χ0) is 24.4. The Morgan fingerprint density at radius 1 is 1.09 bits per heavy atom. The van der Waals surface area contributed by atoms with Crippen LogP contribution in [-0.2, 0) is 0 Å². The van der Waals surface area contributed by atoms with Crippen LogP contribution in [0.4, 0.5) is 0 Å². The summed E-state index contributed by atoms with van der Waals surface area (Å²) in [5.41, 5.74) is 6.55. The normalized spacial score (nSPS) is 20.2. The Morgan fingerprint density at radius 2 is 1.91 bits per heavy atom. The smallest absolute Gasteiger partial charge is 0.150 e. The first-order chi connectivity index (χ1) is 17.0. The number of benzene rings is 3. The van der Waals surface area contributed by atoms with Crippen LogP contribution in [0.25, 0.3) is 17.2 Å². The van der Waals surface area contributed by atoms with Gasteiger partial charge in [-0.2, -0.15) is 0 Å². The highest BCUT2D eigenvalue weighted by molar-refractivity contribution is 5.95. The Balaban J connectivity index is 1.45. The van der Waals surface area contributed by atoms with Gasteiger partial charge in [-0.25, -0.2) is 0 Å². The molecule has 3 aromatic rings. The van der Waals surface area contributed by atoms with Crippen LogP contribution < -0.4 is 9.47 Å². The number of rotatable bonds is 6. The van der Waals surface area contributed by atoms with Crippen molar-refractivity contribution in [2.45, 2.75) is 26.4 Å². The molecule has 4 nitrogen and oxygen atoms in total. The van der Waals surface area contributed by atoms with Crippen LogP contribution in [0.15, 0.2) is 72.8 Å². The summed E-state index contributed by atoms with van der Waals surface area (Å²) in [5.74, 6) is 2.52. The molecule has 0 bridgehead atoms. The average molecular weight is 468 g/mol. The van der Waals surface area contributed by atoms with Gasteiger partial charge < -0.3 is 14.6 Å². The number of hydrogen-bond donors (Lipinski definition) is 1. The molecule has 2 unspecified atom stereocenters. The lowest BCUT2D eigenvalue weighted by Gasteiger charge is -2.31. The van der Waals surface area contributed by atoms with Crippen molar-refractivity contribution in [2.75, 3.05) is 26.7 Å². The fourth-order valence-electron chi connectivity index (χ4n) is 5.15. The molecule has 5 rings (SSSR count). The van der Waals surface area contributed by atoms with Crippen LogP contribution in [-0.4, -0.2) is 36.8 Å². The van der Waals surface area contributed by atoms with E-state index in [0.29, 0.717) is 5.75 Å². The SMILES string of the molecule is COc1cccc(C2=C(C)c3ccc(O)cc3OC2c2ccc(C=CCN3CCC(C)C3)cc2)c1. The predicted octanol–water partition coefficient (Wildman–Crippen LogP) is 6.82. The van der Waals surface area contributed by atoms with Gasteiger partial charge in [-0.1, -0.05) is 55.5 Å². The molecule has 1 fully saturated rings. The molecule has 35 heavy (non-hydrogen) atoms. The molecule has 4 heteroatoms. The van der Waals surface area contributed by atoms with Crippen LogP contribution in [0.3, 0.4) is 0 Å². The van der Waals surface area contributed by atoms with Crippen molar-refractivity contribution in [3.05, 3.63) is 95.1 Å². The number of ether oxygens (including phenoxy) is 2. The van der Waals surface area contributed by atoms with E-state index in [-0.39, 0.29) is 11.9 Å². The van der Waals surface area contributed by atoms with Crippen molar-refractivity contribution >= 4 is 17.2 Å². The van der Waals surface area contributed by atoms with Gasteiger partial charge in [0.25, 0.3) is 0 Å². The fourth-order valence-corrected chi connectivity index (χ4v) is 5.15. The zero-order valence-electron chi connectivity index (χ0n) is 20.7. The molecular formula is C31H33NO3. The summed E-state index contributed by atoms with van der Waals surface area (Å²) in [5, 5.41) is 10.1. The summed E-state index contributed by atoms with van der Waals surface area (Å²) in [6.45, 7) is 7.83. The number of methoxy groups -OCH3 is 1. The molecule has 0 spiro atoms. The molecule has 0 radical (unpaired) electrons. The Bertz CT molecular complexity index is 1260. The monoisotopic (exact) mass is 467 g/mol. The molecule has 3 aromatic carbocycles. The first-order valence-electron chi connectivity index (χ1n) is 12.4. The van der Waals surface area contributed by atoms with Crippen LogP contribution in [0.2, 0.25) is 0 Å². The highest BCUT2D eigenvalue weighted by atomic mass is 16.5. The lowest BCUT2D eigenvalue weighted by atomic mass is 9.86. The molecule has 2 aliphatic rings. The van der Waals surface area contributed by atoms with Gasteiger partial charge in [0.05, 0.1) is 7.11 Å². The van der Waals surface area contributed by atoms with E-state index < -0.39 is 0 Å². The van der Waals surface area contributed by atoms with Crippen molar-refractivity contribution in [3.63, 3.8) is 0 Å². The molecule has 2 aliphatic heterocycles. The molecule has 0 saturated carbocycles. The van der Waals surface area contributed by atoms with Gasteiger partial charge in [0.2, 0.25) is 0 Å². The maximum absolute atomic E-state index is 10.1. The lowest BCUT2D eigenvalue weighted by Crippen LogP contribution is -2.19. The van der Waals surface area contributed by atoms with Gasteiger partial charge in [-0.3, -0.25) is 4.90 Å². The second-order valence-electron chi connectivity index (χ2n) is 9.67. The van der Waals surface area contributed by atoms with Crippen molar-refractivity contribution < 1.29 is 14.6 Å². The molecule has 1 N–H and O–H groups in total. The first-order valence-corrected chi connectivity index (χ1v) is 12.4. The van der Waals surface area contributed by atoms with Crippen LogP contribution >= 0.6 is 0 Å². The lowest BCUT2D eigenvalue weighted by molar-refractivity contribution is 0.259. The number of fused-ring (bicyclic) bond motifs is 1. The number of hydrogen-bond acceptors (Lipinski definition) is 4. The highest BCUT2D eigenvalue weighted by Gasteiger charge is 2.29. The van der Waals surface area contributed by atoms with Gasteiger partial charge in [0.1, 0.15) is 23.4 Å². The Morgan fingerprint density at radius 3 is 2.66 bits per heavy atom. The summed E-state index contributed by atoms with van der Waals surface area (Å²) < 4.78 is 12.0. The molecule has 0 amide bonds. The molecule has 0 aromatic heterocycles. The summed E-state index contributed by atoms with van der Waals surface area (Å²) in [4.78, 5) is 2.51. The van der Waals surface area contributed by atoms with Gasteiger partial charge in [-0.15, -0.1) is 0 Å². The van der Waals surface area contributed by atoms with Crippen molar-refractivity contribution in [3.8, 4) is 17.2 Å². The standard InChI is InChI=1S/C31H33NO3/c1-21-15-17-32(20-21)16-5-6-23-9-11-24(12-10-23)31-30(25-7-4-8-27(18-25)34-3)22(2)28-14-13-26(33)19-29(28)35-31/h4-14,18-19,21,31,33H,15-17,20H2,1-3H3. The minimum absolute atomic E-state index is 0.202. The molecule has 0 aliphatic carbocycles.